The molecule has 0 spiro atoms. The number of carbonyl (C=O) groups is 2. The van der Waals surface area contributed by atoms with E-state index in [1.807, 2.05) is 68.4 Å². The Bertz CT molecular complexity index is 1240. The Balaban J connectivity index is 1.56. The Labute approximate surface area is 198 Å². The number of aliphatic imine (C=N–C) groups is 1. The number of benzene rings is 3. The summed E-state index contributed by atoms with van der Waals surface area (Å²) in [4.78, 5) is 28.7. The number of hydrogen-bond donors (Lipinski definition) is 0. The summed E-state index contributed by atoms with van der Waals surface area (Å²) in [7, 11) is 0. The Morgan fingerprint density at radius 2 is 1.62 bits per heavy atom. The molecule has 3 aromatic rings. The van der Waals surface area contributed by atoms with E-state index >= 15 is 0 Å². The molecule has 1 heterocycles. The van der Waals surface area contributed by atoms with Crippen LogP contribution in [0.15, 0.2) is 83.5 Å². The van der Waals surface area contributed by atoms with Crippen molar-refractivity contribution in [3.63, 3.8) is 0 Å². The minimum absolute atomic E-state index is 0.181. The molecule has 0 bridgehead atoms. The molecule has 1 aliphatic rings. The normalized spacial score (nSPS) is 14.0. The van der Waals surface area contributed by atoms with Crippen LogP contribution in [0.25, 0.3) is 17.2 Å². The van der Waals surface area contributed by atoms with E-state index in [-0.39, 0.29) is 17.6 Å². The van der Waals surface area contributed by atoms with Gasteiger partial charge in [-0.25, -0.2) is 9.79 Å². The van der Waals surface area contributed by atoms with Crippen molar-refractivity contribution in [1.29, 1.82) is 0 Å². The van der Waals surface area contributed by atoms with Gasteiger partial charge >= 0.3 is 11.9 Å². The van der Waals surface area contributed by atoms with Gasteiger partial charge in [0.2, 0.25) is 5.90 Å². The van der Waals surface area contributed by atoms with E-state index in [1.165, 1.54) is 0 Å². The average Bonchev–Trinajstić information content (AvgIpc) is 3.22. The number of esters is 2. The molecule has 0 aliphatic carbocycles. The predicted octanol–water partition coefficient (Wildman–Crippen LogP) is 5.80. The molecule has 172 valence electrons. The SMILES string of the molecule is CCCC(=O)Oc1ccc(/C=C2\N=C(c3ccc(-c4ccccc4)cc3)OC2=O)cc1OCC. The lowest BCUT2D eigenvalue weighted by Gasteiger charge is -2.11. The smallest absolute Gasteiger partial charge is 0.363 e. The number of cyclic esters (lactones) is 1. The fourth-order valence-electron chi connectivity index (χ4n) is 3.47. The van der Waals surface area contributed by atoms with Crippen molar-refractivity contribution in [1.82, 2.24) is 0 Å². The van der Waals surface area contributed by atoms with Gasteiger partial charge in [-0.2, -0.15) is 0 Å². The predicted molar refractivity (Wildman–Crippen MR) is 131 cm³/mol. The van der Waals surface area contributed by atoms with Gasteiger partial charge in [0.25, 0.3) is 0 Å². The van der Waals surface area contributed by atoms with Crippen molar-refractivity contribution < 1.29 is 23.8 Å². The maximum absolute atomic E-state index is 12.4. The van der Waals surface area contributed by atoms with E-state index < -0.39 is 5.97 Å². The second-order valence-corrected chi connectivity index (χ2v) is 7.64. The second-order valence-electron chi connectivity index (χ2n) is 7.64. The van der Waals surface area contributed by atoms with Crippen molar-refractivity contribution >= 4 is 23.9 Å². The van der Waals surface area contributed by atoms with E-state index in [0.717, 1.165) is 11.1 Å². The minimum atomic E-state index is -0.529. The summed E-state index contributed by atoms with van der Waals surface area (Å²) in [5, 5.41) is 0. The van der Waals surface area contributed by atoms with Crippen molar-refractivity contribution in [2.24, 2.45) is 4.99 Å². The number of carbonyl (C=O) groups excluding carboxylic acids is 2. The summed E-state index contributed by atoms with van der Waals surface area (Å²) in [5.74, 6) is 0.179. The van der Waals surface area contributed by atoms with Gasteiger partial charge in [0.15, 0.2) is 17.2 Å². The summed E-state index contributed by atoms with van der Waals surface area (Å²) in [5.41, 5.74) is 3.74. The third-order valence-electron chi connectivity index (χ3n) is 5.11. The van der Waals surface area contributed by atoms with Crippen LogP contribution in [0.5, 0.6) is 11.5 Å². The summed E-state index contributed by atoms with van der Waals surface area (Å²) >= 11 is 0. The van der Waals surface area contributed by atoms with Gasteiger partial charge < -0.3 is 14.2 Å². The highest BCUT2D eigenvalue weighted by Crippen LogP contribution is 2.31. The van der Waals surface area contributed by atoms with Crippen LogP contribution in [0.3, 0.4) is 0 Å². The number of rotatable bonds is 8. The van der Waals surface area contributed by atoms with Crippen LogP contribution in [0.4, 0.5) is 0 Å². The summed E-state index contributed by atoms with van der Waals surface area (Å²) in [6, 6.07) is 22.8. The lowest BCUT2D eigenvalue weighted by atomic mass is 10.0. The van der Waals surface area contributed by atoms with Gasteiger partial charge in [-0.1, -0.05) is 55.5 Å². The number of hydrogen-bond acceptors (Lipinski definition) is 6. The van der Waals surface area contributed by atoms with E-state index in [4.69, 9.17) is 14.2 Å². The fraction of sp³-hybridized carbons (Fsp3) is 0.179. The molecule has 6 nitrogen and oxygen atoms in total. The zero-order valence-corrected chi connectivity index (χ0v) is 19.1. The number of nitrogens with zero attached hydrogens (tertiary/aromatic N) is 1. The molecule has 0 atom stereocenters. The van der Waals surface area contributed by atoms with E-state index in [0.29, 0.717) is 42.1 Å². The van der Waals surface area contributed by atoms with Crippen LogP contribution in [0.1, 0.15) is 37.8 Å². The van der Waals surface area contributed by atoms with Crippen LogP contribution in [0.2, 0.25) is 0 Å². The van der Waals surface area contributed by atoms with Gasteiger partial charge in [0, 0.05) is 12.0 Å². The Morgan fingerprint density at radius 3 is 2.32 bits per heavy atom. The topological polar surface area (TPSA) is 74.2 Å². The quantitative estimate of drug-likeness (QED) is 0.244. The van der Waals surface area contributed by atoms with Gasteiger partial charge in [-0.15, -0.1) is 0 Å². The molecule has 4 rings (SSSR count). The molecule has 0 saturated carbocycles. The molecule has 0 unspecified atom stereocenters. The molecular formula is C28H25NO5. The molecule has 1 aliphatic heterocycles. The van der Waals surface area contributed by atoms with Crippen molar-refractivity contribution in [2.45, 2.75) is 26.7 Å². The van der Waals surface area contributed by atoms with E-state index in [9.17, 15) is 9.59 Å². The van der Waals surface area contributed by atoms with Gasteiger partial charge in [0.1, 0.15) is 0 Å². The van der Waals surface area contributed by atoms with Crippen molar-refractivity contribution in [3.05, 3.63) is 89.6 Å². The van der Waals surface area contributed by atoms with Crippen LogP contribution < -0.4 is 9.47 Å². The van der Waals surface area contributed by atoms with E-state index in [1.54, 1.807) is 24.3 Å². The first-order chi connectivity index (χ1) is 16.6. The van der Waals surface area contributed by atoms with Gasteiger partial charge in [-0.05, 0) is 60.4 Å². The zero-order chi connectivity index (χ0) is 23.9. The standard InChI is InChI=1S/C28H25NO5/c1-3-8-26(30)33-24-16-11-19(18-25(24)32-4-2)17-23-28(31)34-27(29-23)22-14-12-21(13-15-22)20-9-6-5-7-10-20/h5-7,9-18H,3-4,8H2,1-2H3/b23-17-. The van der Waals surface area contributed by atoms with Gasteiger partial charge in [0.05, 0.1) is 6.61 Å². The summed E-state index contributed by atoms with van der Waals surface area (Å²) in [6.07, 6.45) is 2.64. The number of ether oxygens (including phenoxy) is 3. The zero-order valence-electron chi connectivity index (χ0n) is 19.1. The summed E-state index contributed by atoms with van der Waals surface area (Å²) < 4.78 is 16.4. The van der Waals surface area contributed by atoms with Crippen molar-refractivity contribution in [3.8, 4) is 22.6 Å². The monoisotopic (exact) mass is 455 g/mol. The third-order valence-corrected chi connectivity index (χ3v) is 5.11. The first kappa shape index (κ1) is 23.0. The molecule has 0 aromatic heterocycles. The first-order valence-corrected chi connectivity index (χ1v) is 11.2. The Hall–Kier alpha value is -4.19. The molecule has 0 N–H and O–H groups in total. The highest BCUT2D eigenvalue weighted by atomic mass is 16.6. The third kappa shape index (κ3) is 5.41. The average molecular weight is 456 g/mol. The molecule has 0 fully saturated rings. The lowest BCUT2D eigenvalue weighted by Crippen LogP contribution is -2.08. The maximum atomic E-state index is 12.4. The van der Waals surface area contributed by atoms with Crippen LogP contribution in [-0.4, -0.2) is 24.4 Å². The molecule has 6 heteroatoms. The second kappa shape index (κ2) is 10.6. The Kier molecular flexibility index (Phi) is 7.18. The summed E-state index contributed by atoms with van der Waals surface area (Å²) in [6.45, 7) is 4.16. The molecular weight excluding hydrogens is 430 g/mol. The molecule has 34 heavy (non-hydrogen) atoms. The van der Waals surface area contributed by atoms with Gasteiger partial charge in [-0.3, -0.25) is 4.79 Å². The molecule has 0 radical (unpaired) electrons. The Morgan fingerprint density at radius 1 is 0.912 bits per heavy atom. The highest BCUT2D eigenvalue weighted by Gasteiger charge is 2.24. The van der Waals surface area contributed by atoms with Crippen molar-refractivity contribution in [2.75, 3.05) is 6.61 Å². The first-order valence-electron chi connectivity index (χ1n) is 11.2. The van der Waals surface area contributed by atoms with Crippen LogP contribution in [0, 0.1) is 0 Å². The lowest BCUT2D eigenvalue weighted by molar-refractivity contribution is -0.134. The minimum Gasteiger partial charge on any atom is -0.490 e. The fourth-order valence-corrected chi connectivity index (χ4v) is 3.47. The largest absolute Gasteiger partial charge is 0.490 e. The maximum Gasteiger partial charge on any atom is 0.363 e. The van der Waals surface area contributed by atoms with Crippen LogP contribution >= 0.6 is 0 Å². The molecule has 0 saturated heterocycles. The highest BCUT2D eigenvalue weighted by molar-refractivity contribution is 6.13. The molecule has 0 amide bonds. The van der Waals surface area contributed by atoms with Crippen LogP contribution in [-0.2, 0) is 14.3 Å². The molecule has 3 aromatic carbocycles. The van der Waals surface area contributed by atoms with E-state index in [2.05, 4.69) is 4.99 Å².